The standard InChI is InChI=1S/C16H25N3O3/c1-12-17-15(10-16(20)18-12)13-2-5-19(6-3-13)7-4-14-11-21-8-9-22-14/h10,13-14H,2-9,11H2,1H3,(H,17,18,20). The lowest BCUT2D eigenvalue weighted by molar-refractivity contribution is -0.0930. The SMILES string of the molecule is Cc1nc(C2CCN(CCC3COCCO3)CC2)cc(=O)[nH]1. The minimum absolute atomic E-state index is 0.0422. The minimum Gasteiger partial charge on any atom is -0.376 e. The Kier molecular flexibility index (Phi) is 5.23. The first-order valence-corrected chi connectivity index (χ1v) is 8.20. The first kappa shape index (κ1) is 15.6. The molecule has 0 aliphatic carbocycles. The predicted octanol–water partition coefficient (Wildman–Crippen LogP) is 1.06. The number of ether oxygens (including phenoxy) is 2. The summed E-state index contributed by atoms with van der Waals surface area (Å²) in [6, 6.07) is 1.65. The van der Waals surface area contributed by atoms with Crippen LogP contribution < -0.4 is 5.56 Å². The van der Waals surface area contributed by atoms with Gasteiger partial charge >= 0.3 is 0 Å². The fraction of sp³-hybridized carbons (Fsp3) is 0.750. The molecule has 0 saturated carbocycles. The summed E-state index contributed by atoms with van der Waals surface area (Å²) >= 11 is 0. The maximum absolute atomic E-state index is 11.6. The molecule has 0 aromatic carbocycles. The van der Waals surface area contributed by atoms with E-state index in [0.717, 1.165) is 64.4 Å². The Morgan fingerprint density at radius 2 is 2.18 bits per heavy atom. The van der Waals surface area contributed by atoms with Crippen LogP contribution in [0.1, 0.15) is 36.7 Å². The second-order valence-electron chi connectivity index (χ2n) is 6.23. The highest BCUT2D eigenvalue weighted by Gasteiger charge is 2.23. The summed E-state index contributed by atoms with van der Waals surface area (Å²) in [4.78, 5) is 21.2. The van der Waals surface area contributed by atoms with E-state index in [1.807, 2.05) is 6.92 Å². The molecule has 6 nitrogen and oxygen atoms in total. The normalized spacial score (nSPS) is 24.5. The highest BCUT2D eigenvalue weighted by molar-refractivity contribution is 5.09. The number of rotatable bonds is 4. The second kappa shape index (κ2) is 7.35. The fourth-order valence-corrected chi connectivity index (χ4v) is 3.29. The van der Waals surface area contributed by atoms with Crippen LogP contribution in [-0.2, 0) is 9.47 Å². The molecule has 3 heterocycles. The van der Waals surface area contributed by atoms with Crippen molar-refractivity contribution in [2.45, 2.75) is 38.2 Å². The quantitative estimate of drug-likeness (QED) is 0.901. The number of aryl methyl sites for hydroxylation is 1. The van der Waals surface area contributed by atoms with Gasteiger partial charge in [0.1, 0.15) is 5.82 Å². The van der Waals surface area contributed by atoms with Gasteiger partial charge in [0.15, 0.2) is 0 Å². The maximum atomic E-state index is 11.6. The molecule has 2 aliphatic heterocycles. The molecule has 1 aromatic heterocycles. The van der Waals surface area contributed by atoms with Gasteiger partial charge in [-0.1, -0.05) is 0 Å². The number of hydrogen-bond acceptors (Lipinski definition) is 5. The van der Waals surface area contributed by atoms with E-state index in [1.54, 1.807) is 6.07 Å². The van der Waals surface area contributed by atoms with Gasteiger partial charge in [-0.15, -0.1) is 0 Å². The zero-order valence-electron chi connectivity index (χ0n) is 13.2. The number of nitrogens with one attached hydrogen (secondary N) is 1. The monoisotopic (exact) mass is 307 g/mol. The minimum atomic E-state index is -0.0422. The highest BCUT2D eigenvalue weighted by atomic mass is 16.6. The molecule has 3 rings (SSSR count). The van der Waals surface area contributed by atoms with Crippen molar-refractivity contribution in [2.24, 2.45) is 0 Å². The summed E-state index contributed by atoms with van der Waals surface area (Å²) in [6.07, 6.45) is 3.42. The van der Waals surface area contributed by atoms with E-state index in [9.17, 15) is 4.79 Å². The molecule has 0 bridgehead atoms. The molecule has 0 radical (unpaired) electrons. The van der Waals surface area contributed by atoms with Gasteiger partial charge in [0.2, 0.25) is 0 Å². The summed E-state index contributed by atoms with van der Waals surface area (Å²) in [7, 11) is 0. The summed E-state index contributed by atoms with van der Waals surface area (Å²) in [5.74, 6) is 1.12. The van der Waals surface area contributed by atoms with Crippen LogP contribution in [0.15, 0.2) is 10.9 Å². The Morgan fingerprint density at radius 1 is 1.36 bits per heavy atom. The number of aromatic amines is 1. The van der Waals surface area contributed by atoms with Gasteiger partial charge in [-0.05, 0) is 39.3 Å². The molecule has 22 heavy (non-hydrogen) atoms. The molecule has 122 valence electrons. The van der Waals surface area contributed by atoms with Gasteiger partial charge in [0, 0.05) is 18.5 Å². The molecule has 2 saturated heterocycles. The number of H-pyrrole nitrogens is 1. The van der Waals surface area contributed by atoms with Gasteiger partial charge in [-0.25, -0.2) is 4.98 Å². The maximum Gasteiger partial charge on any atom is 0.251 e. The van der Waals surface area contributed by atoms with Crippen LogP contribution in [0.25, 0.3) is 0 Å². The van der Waals surface area contributed by atoms with Gasteiger partial charge in [0.25, 0.3) is 5.56 Å². The summed E-state index contributed by atoms with van der Waals surface area (Å²) < 4.78 is 11.1. The third-order valence-electron chi connectivity index (χ3n) is 4.54. The van der Waals surface area contributed by atoms with Crippen molar-refractivity contribution >= 4 is 0 Å². The molecule has 6 heteroatoms. The van der Waals surface area contributed by atoms with Gasteiger partial charge < -0.3 is 19.4 Å². The zero-order chi connectivity index (χ0) is 15.4. The van der Waals surface area contributed by atoms with Crippen molar-refractivity contribution in [3.63, 3.8) is 0 Å². The van der Waals surface area contributed by atoms with E-state index in [2.05, 4.69) is 14.9 Å². The highest BCUT2D eigenvalue weighted by Crippen LogP contribution is 2.26. The number of aromatic nitrogens is 2. The van der Waals surface area contributed by atoms with Crippen molar-refractivity contribution in [2.75, 3.05) is 39.5 Å². The molecule has 1 N–H and O–H groups in total. The van der Waals surface area contributed by atoms with Crippen LogP contribution in [0.5, 0.6) is 0 Å². The van der Waals surface area contributed by atoms with E-state index >= 15 is 0 Å². The van der Waals surface area contributed by atoms with E-state index in [0.29, 0.717) is 11.7 Å². The Balaban J connectivity index is 1.46. The van der Waals surface area contributed by atoms with E-state index in [1.165, 1.54) is 0 Å². The molecule has 1 atom stereocenters. The summed E-state index contributed by atoms with van der Waals surface area (Å²) in [5.41, 5.74) is 0.907. The summed E-state index contributed by atoms with van der Waals surface area (Å²) in [5, 5.41) is 0. The Bertz CT molecular complexity index is 532. The third kappa shape index (κ3) is 4.15. The summed E-state index contributed by atoms with van der Waals surface area (Å²) in [6.45, 7) is 7.20. The molecular formula is C16H25N3O3. The van der Waals surface area contributed by atoms with Gasteiger partial charge in [-0.3, -0.25) is 4.79 Å². The van der Waals surface area contributed by atoms with Crippen LogP contribution >= 0.6 is 0 Å². The van der Waals surface area contributed by atoms with Crippen molar-refractivity contribution in [1.82, 2.24) is 14.9 Å². The number of piperidine rings is 1. The van der Waals surface area contributed by atoms with Gasteiger partial charge in [-0.2, -0.15) is 0 Å². The first-order chi connectivity index (χ1) is 10.7. The van der Waals surface area contributed by atoms with Crippen LogP contribution in [0.4, 0.5) is 0 Å². The van der Waals surface area contributed by atoms with Crippen LogP contribution in [-0.4, -0.2) is 60.4 Å². The lowest BCUT2D eigenvalue weighted by atomic mass is 9.93. The fourth-order valence-electron chi connectivity index (χ4n) is 3.29. The smallest absolute Gasteiger partial charge is 0.251 e. The molecular weight excluding hydrogens is 282 g/mol. The number of nitrogens with zero attached hydrogens (tertiary/aromatic N) is 2. The molecule has 0 amide bonds. The zero-order valence-corrected chi connectivity index (χ0v) is 13.2. The molecule has 1 unspecified atom stereocenters. The van der Waals surface area contributed by atoms with E-state index in [4.69, 9.17) is 9.47 Å². The average Bonchev–Trinajstić information content (AvgIpc) is 2.53. The van der Waals surface area contributed by atoms with Crippen LogP contribution in [0, 0.1) is 6.92 Å². The Labute approximate surface area is 130 Å². The molecule has 1 aromatic rings. The van der Waals surface area contributed by atoms with Crippen molar-refractivity contribution in [1.29, 1.82) is 0 Å². The topological polar surface area (TPSA) is 67.5 Å². The van der Waals surface area contributed by atoms with Crippen molar-refractivity contribution in [3.8, 4) is 0 Å². The van der Waals surface area contributed by atoms with Gasteiger partial charge in [0.05, 0.1) is 31.6 Å². The Morgan fingerprint density at radius 3 is 2.86 bits per heavy atom. The molecule has 2 aliphatic rings. The van der Waals surface area contributed by atoms with Crippen LogP contribution in [0.3, 0.4) is 0 Å². The van der Waals surface area contributed by atoms with Crippen LogP contribution in [0.2, 0.25) is 0 Å². The second-order valence-corrected chi connectivity index (χ2v) is 6.23. The molecule has 2 fully saturated rings. The van der Waals surface area contributed by atoms with Crippen molar-refractivity contribution in [3.05, 3.63) is 27.9 Å². The first-order valence-electron chi connectivity index (χ1n) is 8.20. The number of hydrogen-bond donors (Lipinski definition) is 1. The van der Waals surface area contributed by atoms with E-state index in [-0.39, 0.29) is 11.7 Å². The predicted molar refractivity (Wildman–Crippen MR) is 83.2 cm³/mol. The average molecular weight is 307 g/mol. The lowest BCUT2D eigenvalue weighted by Gasteiger charge is -2.33. The van der Waals surface area contributed by atoms with Crippen molar-refractivity contribution < 1.29 is 9.47 Å². The third-order valence-corrected chi connectivity index (χ3v) is 4.54. The number of likely N-dealkylation sites (tertiary alicyclic amines) is 1. The molecule has 0 spiro atoms. The largest absolute Gasteiger partial charge is 0.376 e. The van der Waals surface area contributed by atoms with E-state index < -0.39 is 0 Å². The Hall–Kier alpha value is -1.24. The lowest BCUT2D eigenvalue weighted by Crippen LogP contribution is -2.37.